The highest BCUT2D eigenvalue weighted by Gasteiger charge is 2.18. The molecule has 0 N–H and O–H groups in total. The molecule has 0 saturated heterocycles. The van der Waals surface area contributed by atoms with Crippen LogP contribution in [0.2, 0.25) is 5.02 Å². The summed E-state index contributed by atoms with van der Waals surface area (Å²) in [6.07, 6.45) is 1.55. The zero-order valence-corrected chi connectivity index (χ0v) is 18.3. The molecule has 0 spiro atoms. The summed E-state index contributed by atoms with van der Waals surface area (Å²) in [5.74, 6) is 0. The number of hydrogen-bond donors (Lipinski definition) is 0. The van der Waals surface area contributed by atoms with Crippen LogP contribution in [0, 0.1) is 13.8 Å². The van der Waals surface area contributed by atoms with Gasteiger partial charge < -0.3 is 0 Å². The van der Waals surface area contributed by atoms with Crippen molar-refractivity contribution in [2.45, 2.75) is 13.8 Å². The fourth-order valence-electron chi connectivity index (χ4n) is 3.50. The van der Waals surface area contributed by atoms with Gasteiger partial charge in [0.2, 0.25) is 0 Å². The molecule has 0 aliphatic carbocycles. The Morgan fingerprint density at radius 2 is 1.74 bits per heavy atom. The standard InChI is InChI=1S/C23H16ClN5OS/c1-13-18-20-21(23(30)29(12-25-20)17-10-8-15(24)9-11-17)31-22(18)26-14(2)19(13)28-27-16-6-4-3-5-7-16/h3-12H,1-2H3. The molecule has 0 atom stereocenters. The predicted molar refractivity (Wildman–Crippen MR) is 126 cm³/mol. The molecule has 0 unspecified atom stereocenters. The number of aryl methyl sites for hydroxylation is 2. The Morgan fingerprint density at radius 1 is 1.00 bits per heavy atom. The molecule has 0 bridgehead atoms. The molecule has 3 heterocycles. The van der Waals surface area contributed by atoms with Gasteiger partial charge in [-0.2, -0.15) is 5.11 Å². The number of hydrogen-bond acceptors (Lipinski definition) is 6. The van der Waals surface area contributed by atoms with E-state index in [2.05, 4.69) is 15.2 Å². The number of halogens is 1. The average molecular weight is 446 g/mol. The van der Waals surface area contributed by atoms with E-state index < -0.39 is 0 Å². The van der Waals surface area contributed by atoms with Crippen LogP contribution in [0.25, 0.3) is 26.1 Å². The lowest BCUT2D eigenvalue weighted by molar-refractivity contribution is 0.967. The van der Waals surface area contributed by atoms with Crippen molar-refractivity contribution in [3.8, 4) is 5.69 Å². The zero-order chi connectivity index (χ0) is 21.5. The van der Waals surface area contributed by atoms with E-state index in [1.807, 2.05) is 44.2 Å². The van der Waals surface area contributed by atoms with Crippen LogP contribution in [0.1, 0.15) is 11.3 Å². The fourth-order valence-corrected chi connectivity index (χ4v) is 4.79. The van der Waals surface area contributed by atoms with Gasteiger partial charge in [-0.1, -0.05) is 29.8 Å². The average Bonchev–Trinajstić information content (AvgIpc) is 3.15. The smallest absolute Gasteiger partial charge is 0.267 e. The maximum atomic E-state index is 13.2. The van der Waals surface area contributed by atoms with Crippen molar-refractivity contribution >= 4 is 54.7 Å². The Kier molecular flexibility index (Phi) is 4.84. The summed E-state index contributed by atoms with van der Waals surface area (Å²) < 4.78 is 2.08. The molecule has 2 aromatic carbocycles. The van der Waals surface area contributed by atoms with Crippen molar-refractivity contribution in [3.05, 3.63) is 87.6 Å². The monoisotopic (exact) mass is 445 g/mol. The molecule has 0 saturated carbocycles. The first kappa shape index (κ1) is 19.5. The SMILES string of the molecule is Cc1nc2sc3c(=O)n(-c4ccc(Cl)cc4)cnc3c2c(C)c1N=Nc1ccccc1. The third-order valence-corrected chi connectivity index (χ3v) is 6.36. The van der Waals surface area contributed by atoms with Gasteiger partial charge >= 0.3 is 0 Å². The van der Waals surface area contributed by atoms with E-state index in [-0.39, 0.29) is 5.56 Å². The third kappa shape index (κ3) is 3.41. The molecule has 152 valence electrons. The summed E-state index contributed by atoms with van der Waals surface area (Å²) in [5.41, 5.74) is 4.33. The summed E-state index contributed by atoms with van der Waals surface area (Å²) in [6, 6.07) is 16.6. The quantitative estimate of drug-likeness (QED) is 0.291. The van der Waals surface area contributed by atoms with E-state index in [4.69, 9.17) is 16.6 Å². The molecular weight excluding hydrogens is 430 g/mol. The van der Waals surface area contributed by atoms with Crippen molar-refractivity contribution in [2.75, 3.05) is 0 Å². The van der Waals surface area contributed by atoms with Crippen molar-refractivity contribution in [1.29, 1.82) is 0 Å². The topological polar surface area (TPSA) is 72.5 Å². The number of fused-ring (bicyclic) bond motifs is 3. The van der Waals surface area contributed by atoms with Crippen LogP contribution >= 0.6 is 22.9 Å². The van der Waals surface area contributed by atoms with Crippen LogP contribution in [0.15, 0.2) is 75.9 Å². The zero-order valence-electron chi connectivity index (χ0n) is 16.7. The third-order valence-electron chi connectivity index (χ3n) is 5.05. The van der Waals surface area contributed by atoms with E-state index >= 15 is 0 Å². The molecule has 5 aromatic rings. The molecule has 0 radical (unpaired) electrons. The molecular formula is C23H16ClN5OS. The molecule has 5 rings (SSSR count). The lowest BCUT2D eigenvalue weighted by atomic mass is 10.1. The van der Waals surface area contributed by atoms with Crippen LogP contribution < -0.4 is 5.56 Å². The van der Waals surface area contributed by atoms with E-state index in [1.165, 1.54) is 15.9 Å². The van der Waals surface area contributed by atoms with Gasteiger partial charge in [0, 0.05) is 10.4 Å². The highest BCUT2D eigenvalue weighted by Crippen LogP contribution is 2.37. The first-order valence-corrected chi connectivity index (χ1v) is 10.8. The molecule has 6 nitrogen and oxygen atoms in total. The summed E-state index contributed by atoms with van der Waals surface area (Å²) in [5, 5.41) is 10.2. The Morgan fingerprint density at radius 3 is 2.48 bits per heavy atom. The number of pyridine rings is 1. The van der Waals surface area contributed by atoms with Gasteiger partial charge in [-0.3, -0.25) is 9.36 Å². The normalized spacial score (nSPS) is 11.7. The van der Waals surface area contributed by atoms with Crippen LogP contribution in [0.5, 0.6) is 0 Å². The number of aromatic nitrogens is 3. The number of benzene rings is 2. The summed E-state index contributed by atoms with van der Waals surface area (Å²) in [7, 11) is 0. The number of azo groups is 1. The van der Waals surface area contributed by atoms with Gasteiger partial charge in [0.25, 0.3) is 5.56 Å². The molecule has 31 heavy (non-hydrogen) atoms. The van der Waals surface area contributed by atoms with Gasteiger partial charge in [-0.15, -0.1) is 16.5 Å². The molecule has 0 fully saturated rings. The van der Waals surface area contributed by atoms with Crippen molar-refractivity contribution in [1.82, 2.24) is 14.5 Å². The fraction of sp³-hybridized carbons (Fsp3) is 0.0870. The second-order valence-corrected chi connectivity index (χ2v) is 8.50. The van der Waals surface area contributed by atoms with Crippen LogP contribution in [0.3, 0.4) is 0 Å². The lowest BCUT2D eigenvalue weighted by Crippen LogP contribution is -2.17. The van der Waals surface area contributed by atoms with Gasteiger partial charge in [0.1, 0.15) is 21.5 Å². The van der Waals surface area contributed by atoms with E-state index in [1.54, 1.807) is 30.6 Å². The summed E-state index contributed by atoms with van der Waals surface area (Å²) in [4.78, 5) is 23.3. The summed E-state index contributed by atoms with van der Waals surface area (Å²) in [6.45, 7) is 3.87. The second kappa shape index (κ2) is 7.68. The number of rotatable bonds is 3. The van der Waals surface area contributed by atoms with Gasteiger partial charge in [0.05, 0.1) is 22.6 Å². The molecule has 8 heteroatoms. The molecule has 0 amide bonds. The minimum atomic E-state index is -0.139. The highest BCUT2D eigenvalue weighted by molar-refractivity contribution is 7.25. The Labute approximate surface area is 186 Å². The van der Waals surface area contributed by atoms with Gasteiger partial charge in [-0.25, -0.2) is 9.97 Å². The molecule has 0 aliphatic heterocycles. The van der Waals surface area contributed by atoms with E-state index in [9.17, 15) is 4.79 Å². The Hall–Kier alpha value is -3.42. The molecule has 0 aliphatic rings. The second-order valence-electron chi connectivity index (χ2n) is 7.06. The van der Waals surface area contributed by atoms with Crippen molar-refractivity contribution in [3.63, 3.8) is 0 Å². The maximum absolute atomic E-state index is 13.2. The largest absolute Gasteiger partial charge is 0.275 e. The molecule has 3 aromatic heterocycles. The van der Waals surface area contributed by atoms with Crippen LogP contribution in [-0.4, -0.2) is 14.5 Å². The summed E-state index contributed by atoms with van der Waals surface area (Å²) >= 11 is 7.32. The Balaban J connectivity index is 1.69. The van der Waals surface area contributed by atoms with Crippen LogP contribution in [0.4, 0.5) is 11.4 Å². The lowest BCUT2D eigenvalue weighted by Gasteiger charge is -2.06. The van der Waals surface area contributed by atoms with Crippen LogP contribution in [-0.2, 0) is 0 Å². The van der Waals surface area contributed by atoms with E-state index in [0.717, 1.165) is 27.2 Å². The number of nitrogens with zero attached hydrogens (tertiary/aromatic N) is 5. The highest BCUT2D eigenvalue weighted by atomic mass is 35.5. The minimum absolute atomic E-state index is 0.139. The maximum Gasteiger partial charge on any atom is 0.275 e. The predicted octanol–water partition coefficient (Wildman–Crippen LogP) is 6.68. The first-order valence-electron chi connectivity index (χ1n) is 9.57. The van der Waals surface area contributed by atoms with E-state index in [0.29, 0.717) is 26.6 Å². The van der Waals surface area contributed by atoms with Gasteiger partial charge in [-0.05, 0) is 55.8 Å². The Bertz CT molecular complexity index is 1520. The van der Waals surface area contributed by atoms with Crippen molar-refractivity contribution < 1.29 is 0 Å². The van der Waals surface area contributed by atoms with Gasteiger partial charge in [0.15, 0.2) is 0 Å². The van der Waals surface area contributed by atoms with Crippen molar-refractivity contribution in [2.24, 2.45) is 10.2 Å². The first-order chi connectivity index (χ1) is 15.0. The number of thiophene rings is 1. The minimum Gasteiger partial charge on any atom is -0.267 e.